The molecule has 0 aliphatic rings. The lowest BCUT2D eigenvalue weighted by atomic mass is 9.92. The van der Waals surface area contributed by atoms with Gasteiger partial charge in [-0.05, 0) is 53.1 Å². The van der Waals surface area contributed by atoms with Crippen molar-refractivity contribution in [3.63, 3.8) is 0 Å². The molecule has 0 N–H and O–H groups in total. The quantitative estimate of drug-likeness (QED) is 0.392. The number of fused-ring (bicyclic) bond motifs is 1. The van der Waals surface area contributed by atoms with Gasteiger partial charge in [0.2, 0.25) is 0 Å². The van der Waals surface area contributed by atoms with Crippen molar-refractivity contribution in [3.8, 4) is 22.4 Å². The molecule has 0 aliphatic heterocycles. The summed E-state index contributed by atoms with van der Waals surface area (Å²) in [4.78, 5) is 4.74. The van der Waals surface area contributed by atoms with E-state index < -0.39 is 0 Å². The monoisotopic (exact) mass is 337 g/mol. The number of nitrogens with zero attached hydrogens (tertiary/aromatic N) is 1. The molecule has 0 amide bonds. The molecule has 3 aromatic carbocycles. The SMILES string of the molecule is Cc1ccc2c(-c3cc(-c4ccccc4)cc(C(C)C)c3)nccc2c1. The van der Waals surface area contributed by atoms with E-state index in [2.05, 4.69) is 93.6 Å². The summed E-state index contributed by atoms with van der Waals surface area (Å²) in [7, 11) is 0. The van der Waals surface area contributed by atoms with Crippen molar-refractivity contribution in [3.05, 3.63) is 90.1 Å². The molecular weight excluding hydrogens is 314 g/mol. The molecule has 128 valence electrons. The third-order valence-electron chi connectivity index (χ3n) is 4.92. The second-order valence-electron chi connectivity index (χ2n) is 7.25. The first-order valence-corrected chi connectivity index (χ1v) is 9.18. The molecule has 0 fully saturated rings. The largest absolute Gasteiger partial charge is 0.256 e. The minimum atomic E-state index is 0.467. The fourth-order valence-corrected chi connectivity index (χ4v) is 3.45. The Morgan fingerprint density at radius 1 is 0.731 bits per heavy atom. The van der Waals surface area contributed by atoms with Crippen LogP contribution < -0.4 is 0 Å². The molecule has 1 aromatic heterocycles. The van der Waals surface area contributed by atoms with Crippen LogP contribution in [0.2, 0.25) is 0 Å². The number of hydrogen-bond donors (Lipinski definition) is 0. The summed E-state index contributed by atoms with van der Waals surface area (Å²) in [6, 6.07) is 26.1. The summed E-state index contributed by atoms with van der Waals surface area (Å²) in [5.41, 5.74) is 7.35. The first-order chi connectivity index (χ1) is 12.6. The highest BCUT2D eigenvalue weighted by molar-refractivity contribution is 5.95. The molecule has 0 saturated carbocycles. The maximum Gasteiger partial charge on any atom is 0.0780 e. The van der Waals surface area contributed by atoms with Gasteiger partial charge in [-0.15, -0.1) is 0 Å². The maximum absolute atomic E-state index is 4.74. The highest BCUT2D eigenvalue weighted by atomic mass is 14.7. The van der Waals surface area contributed by atoms with E-state index in [1.807, 2.05) is 6.20 Å². The maximum atomic E-state index is 4.74. The van der Waals surface area contributed by atoms with Crippen LogP contribution in [0.5, 0.6) is 0 Å². The Kier molecular flexibility index (Phi) is 4.30. The van der Waals surface area contributed by atoms with E-state index in [1.54, 1.807) is 0 Å². The van der Waals surface area contributed by atoms with Crippen LogP contribution in [0.4, 0.5) is 0 Å². The van der Waals surface area contributed by atoms with Gasteiger partial charge in [-0.3, -0.25) is 4.98 Å². The first kappa shape index (κ1) is 16.5. The van der Waals surface area contributed by atoms with Crippen LogP contribution in [0.25, 0.3) is 33.2 Å². The third kappa shape index (κ3) is 3.13. The Morgan fingerprint density at radius 3 is 2.27 bits per heavy atom. The predicted octanol–water partition coefficient (Wildman–Crippen LogP) is 7.00. The topological polar surface area (TPSA) is 12.9 Å². The zero-order valence-electron chi connectivity index (χ0n) is 15.5. The standard InChI is InChI=1S/C25H23N/c1-17(2)21-14-22(19-7-5-4-6-8-19)16-23(15-21)25-24-10-9-18(3)13-20(24)11-12-26-25/h4-17H,1-3H3. The van der Waals surface area contributed by atoms with Crippen molar-refractivity contribution < 1.29 is 0 Å². The molecule has 1 heteroatoms. The van der Waals surface area contributed by atoms with E-state index in [0.29, 0.717) is 5.92 Å². The Bertz CT molecular complexity index is 1060. The molecule has 0 unspecified atom stereocenters. The van der Waals surface area contributed by atoms with Gasteiger partial charge in [-0.1, -0.05) is 74.0 Å². The third-order valence-corrected chi connectivity index (χ3v) is 4.92. The van der Waals surface area contributed by atoms with E-state index in [9.17, 15) is 0 Å². The molecule has 1 heterocycles. The Labute approximate surface area is 155 Å². The zero-order chi connectivity index (χ0) is 18.1. The normalized spacial score (nSPS) is 11.2. The van der Waals surface area contributed by atoms with Crippen LogP contribution in [0, 0.1) is 6.92 Å². The molecular formula is C25H23N. The van der Waals surface area contributed by atoms with Crippen molar-refractivity contribution in [2.24, 2.45) is 0 Å². The molecule has 0 spiro atoms. The van der Waals surface area contributed by atoms with Gasteiger partial charge in [0.05, 0.1) is 5.69 Å². The number of pyridine rings is 1. The fourth-order valence-electron chi connectivity index (χ4n) is 3.45. The van der Waals surface area contributed by atoms with Gasteiger partial charge in [0.1, 0.15) is 0 Å². The van der Waals surface area contributed by atoms with Crippen LogP contribution in [-0.2, 0) is 0 Å². The minimum Gasteiger partial charge on any atom is -0.256 e. The van der Waals surface area contributed by atoms with Crippen LogP contribution in [-0.4, -0.2) is 4.98 Å². The van der Waals surface area contributed by atoms with Crippen molar-refractivity contribution in [2.75, 3.05) is 0 Å². The number of benzene rings is 3. The van der Waals surface area contributed by atoms with Gasteiger partial charge >= 0.3 is 0 Å². The first-order valence-electron chi connectivity index (χ1n) is 9.18. The van der Waals surface area contributed by atoms with Gasteiger partial charge in [-0.25, -0.2) is 0 Å². The summed E-state index contributed by atoms with van der Waals surface area (Å²) < 4.78 is 0. The van der Waals surface area contributed by atoms with Crippen molar-refractivity contribution >= 4 is 10.8 Å². The average molecular weight is 337 g/mol. The molecule has 0 radical (unpaired) electrons. The summed E-state index contributed by atoms with van der Waals surface area (Å²) >= 11 is 0. The number of rotatable bonds is 3. The second kappa shape index (κ2) is 6.76. The molecule has 0 aliphatic carbocycles. The van der Waals surface area contributed by atoms with Crippen LogP contribution in [0.3, 0.4) is 0 Å². The average Bonchev–Trinajstić information content (AvgIpc) is 2.67. The number of aryl methyl sites for hydroxylation is 1. The van der Waals surface area contributed by atoms with Crippen LogP contribution in [0.15, 0.2) is 79.0 Å². The smallest absolute Gasteiger partial charge is 0.0780 e. The van der Waals surface area contributed by atoms with E-state index in [0.717, 1.165) is 5.69 Å². The van der Waals surface area contributed by atoms with Crippen molar-refractivity contribution in [1.29, 1.82) is 0 Å². The predicted molar refractivity (Wildman–Crippen MR) is 111 cm³/mol. The highest BCUT2D eigenvalue weighted by Gasteiger charge is 2.11. The lowest BCUT2D eigenvalue weighted by Crippen LogP contribution is -1.93. The Hall–Kier alpha value is -2.93. The molecule has 0 saturated heterocycles. The molecule has 1 nitrogen and oxygen atoms in total. The molecule has 26 heavy (non-hydrogen) atoms. The number of hydrogen-bond acceptors (Lipinski definition) is 1. The van der Waals surface area contributed by atoms with E-state index >= 15 is 0 Å². The van der Waals surface area contributed by atoms with Gasteiger partial charge < -0.3 is 0 Å². The van der Waals surface area contributed by atoms with E-state index in [4.69, 9.17) is 4.98 Å². The summed E-state index contributed by atoms with van der Waals surface area (Å²) in [6.45, 7) is 6.62. The van der Waals surface area contributed by atoms with E-state index in [1.165, 1.54) is 38.6 Å². The zero-order valence-corrected chi connectivity index (χ0v) is 15.5. The lowest BCUT2D eigenvalue weighted by Gasteiger charge is -2.14. The lowest BCUT2D eigenvalue weighted by molar-refractivity contribution is 0.867. The molecule has 0 bridgehead atoms. The number of aromatic nitrogens is 1. The van der Waals surface area contributed by atoms with Crippen molar-refractivity contribution in [1.82, 2.24) is 4.98 Å². The van der Waals surface area contributed by atoms with Crippen molar-refractivity contribution in [2.45, 2.75) is 26.7 Å². The second-order valence-corrected chi connectivity index (χ2v) is 7.25. The highest BCUT2D eigenvalue weighted by Crippen LogP contribution is 2.33. The summed E-state index contributed by atoms with van der Waals surface area (Å²) in [5, 5.41) is 2.45. The fraction of sp³-hybridized carbons (Fsp3) is 0.160. The van der Waals surface area contributed by atoms with Gasteiger partial charge in [-0.2, -0.15) is 0 Å². The van der Waals surface area contributed by atoms with Gasteiger partial charge in [0, 0.05) is 17.1 Å². The summed E-state index contributed by atoms with van der Waals surface area (Å²) in [5.74, 6) is 0.467. The minimum absolute atomic E-state index is 0.467. The molecule has 4 rings (SSSR count). The Balaban J connectivity index is 1.96. The van der Waals surface area contributed by atoms with Crippen LogP contribution >= 0.6 is 0 Å². The van der Waals surface area contributed by atoms with Gasteiger partial charge in [0.25, 0.3) is 0 Å². The Morgan fingerprint density at radius 2 is 1.50 bits per heavy atom. The molecule has 0 atom stereocenters. The summed E-state index contributed by atoms with van der Waals surface area (Å²) in [6.07, 6.45) is 1.92. The van der Waals surface area contributed by atoms with E-state index in [-0.39, 0.29) is 0 Å². The molecule has 4 aromatic rings. The van der Waals surface area contributed by atoms with Gasteiger partial charge in [0.15, 0.2) is 0 Å². The van der Waals surface area contributed by atoms with Crippen LogP contribution in [0.1, 0.15) is 30.9 Å².